The van der Waals surface area contributed by atoms with E-state index in [-0.39, 0.29) is 5.88 Å². The van der Waals surface area contributed by atoms with E-state index in [0.717, 1.165) is 18.0 Å². The van der Waals surface area contributed by atoms with Crippen LogP contribution in [0.4, 0.5) is 5.69 Å². The number of rotatable bonds is 5. The highest BCUT2D eigenvalue weighted by Crippen LogP contribution is 2.20. The minimum atomic E-state index is 0.242. The van der Waals surface area contributed by atoms with Gasteiger partial charge in [0.15, 0.2) is 0 Å². The molecular weight excluding hydrogens is 274 g/mol. The summed E-state index contributed by atoms with van der Waals surface area (Å²) in [4.78, 5) is 6.56. The summed E-state index contributed by atoms with van der Waals surface area (Å²) in [7, 11) is 2.17. The summed E-state index contributed by atoms with van der Waals surface area (Å²) in [5.41, 5.74) is 6.39. The summed E-state index contributed by atoms with van der Waals surface area (Å²) in [6.07, 6.45) is 3.80. The maximum absolute atomic E-state index is 5.85. The van der Waals surface area contributed by atoms with Crippen LogP contribution < -0.4 is 10.5 Å². The van der Waals surface area contributed by atoms with Gasteiger partial charge in [-0.3, -0.25) is 0 Å². The highest BCUT2D eigenvalue weighted by molar-refractivity contribution is 6.28. The Morgan fingerprint density at radius 1 is 1.40 bits per heavy atom. The molecule has 0 saturated carbocycles. The Labute approximate surface area is 125 Å². The van der Waals surface area contributed by atoms with Gasteiger partial charge in [0, 0.05) is 6.04 Å². The van der Waals surface area contributed by atoms with Gasteiger partial charge >= 0.3 is 0 Å². The van der Waals surface area contributed by atoms with Gasteiger partial charge in [0.05, 0.1) is 11.6 Å². The largest absolute Gasteiger partial charge is 0.492 e. The summed E-state index contributed by atoms with van der Waals surface area (Å²) in [6, 6.07) is 8.14. The van der Waals surface area contributed by atoms with Crippen LogP contribution in [0.25, 0.3) is 0 Å². The van der Waals surface area contributed by atoms with Crippen LogP contribution in [-0.2, 0) is 0 Å². The first kappa shape index (κ1) is 15.1. The van der Waals surface area contributed by atoms with Crippen molar-refractivity contribution >= 4 is 23.1 Å². The molecule has 0 spiro atoms. The number of halogens is 1. The molecular formula is C15H22ClN3O. The lowest BCUT2D eigenvalue weighted by Gasteiger charge is -2.32. The fraction of sp³-hybridized carbons (Fsp3) is 0.533. The summed E-state index contributed by atoms with van der Waals surface area (Å²) < 4.78 is 5.85. The van der Waals surface area contributed by atoms with Gasteiger partial charge in [-0.2, -0.15) is 0 Å². The van der Waals surface area contributed by atoms with Crippen molar-refractivity contribution < 1.29 is 4.74 Å². The van der Waals surface area contributed by atoms with Gasteiger partial charge in [-0.15, -0.1) is 11.6 Å². The number of likely N-dealkylation sites (N-methyl/N-ethyl adjacent to an activating group) is 1. The molecule has 0 aliphatic carbocycles. The zero-order chi connectivity index (χ0) is 14.4. The van der Waals surface area contributed by atoms with Crippen LogP contribution in [0, 0.1) is 0 Å². The molecule has 2 N–H and O–H groups in total. The third-order valence-corrected chi connectivity index (χ3v) is 3.88. The maximum atomic E-state index is 5.85. The average molecular weight is 296 g/mol. The first-order chi connectivity index (χ1) is 9.69. The molecule has 20 heavy (non-hydrogen) atoms. The Balaban J connectivity index is 1.87. The first-order valence-corrected chi connectivity index (χ1v) is 7.54. The Hall–Kier alpha value is -1.26. The standard InChI is InChI=1S/C15H22ClN3O/c1-19-9-3-2-4-13(19)11-20-14-7-5-12(6-8-14)18-15(17)10-16/h5-8,13H,2-4,9-11H2,1H3,(H2,17,18). The van der Waals surface area contributed by atoms with Crippen molar-refractivity contribution in [2.75, 3.05) is 26.1 Å². The van der Waals surface area contributed by atoms with Crippen LogP contribution in [0.3, 0.4) is 0 Å². The molecule has 1 saturated heterocycles. The molecule has 1 aromatic carbocycles. The fourth-order valence-electron chi connectivity index (χ4n) is 2.36. The molecule has 2 rings (SSSR count). The van der Waals surface area contributed by atoms with Crippen LogP contribution in [0.5, 0.6) is 5.75 Å². The van der Waals surface area contributed by atoms with Gasteiger partial charge in [0.25, 0.3) is 0 Å². The second-order valence-corrected chi connectivity index (χ2v) is 5.44. The van der Waals surface area contributed by atoms with Gasteiger partial charge < -0.3 is 15.4 Å². The molecule has 1 aliphatic heterocycles. The Kier molecular flexibility index (Phi) is 5.68. The van der Waals surface area contributed by atoms with Crippen LogP contribution >= 0.6 is 11.6 Å². The van der Waals surface area contributed by atoms with Gasteiger partial charge in [0.2, 0.25) is 0 Å². The van der Waals surface area contributed by atoms with Gasteiger partial charge in [-0.25, -0.2) is 4.99 Å². The number of hydrogen-bond donors (Lipinski definition) is 1. The zero-order valence-electron chi connectivity index (χ0n) is 11.9. The Morgan fingerprint density at radius 3 is 2.80 bits per heavy atom. The number of nitrogens with zero attached hydrogens (tertiary/aromatic N) is 2. The van der Waals surface area contributed by atoms with E-state index in [1.165, 1.54) is 25.8 Å². The lowest BCUT2D eigenvalue weighted by atomic mass is 10.0. The third-order valence-electron chi connectivity index (χ3n) is 3.61. The number of amidine groups is 1. The number of nitrogens with two attached hydrogens (primary N) is 1. The number of ether oxygens (including phenoxy) is 1. The van der Waals surface area contributed by atoms with E-state index in [0.29, 0.717) is 11.9 Å². The predicted molar refractivity (Wildman–Crippen MR) is 84.2 cm³/mol. The molecule has 1 atom stereocenters. The second-order valence-electron chi connectivity index (χ2n) is 5.17. The summed E-state index contributed by atoms with van der Waals surface area (Å²) in [5.74, 6) is 1.53. The molecule has 1 heterocycles. The number of hydrogen-bond acceptors (Lipinski definition) is 3. The number of piperidine rings is 1. The van der Waals surface area contributed by atoms with Crippen molar-refractivity contribution in [1.82, 2.24) is 4.90 Å². The van der Waals surface area contributed by atoms with E-state index in [2.05, 4.69) is 16.9 Å². The molecule has 0 amide bonds. The molecule has 0 bridgehead atoms. The van der Waals surface area contributed by atoms with E-state index in [4.69, 9.17) is 22.1 Å². The maximum Gasteiger partial charge on any atom is 0.119 e. The lowest BCUT2D eigenvalue weighted by molar-refractivity contribution is 0.125. The van der Waals surface area contributed by atoms with E-state index >= 15 is 0 Å². The topological polar surface area (TPSA) is 50.8 Å². The van der Waals surface area contributed by atoms with Crippen molar-refractivity contribution in [3.05, 3.63) is 24.3 Å². The van der Waals surface area contributed by atoms with Crippen LogP contribution in [0.15, 0.2) is 29.3 Å². The third kappa shape index (κ3) is 4.39. The normalized spacial score (nSPS) is 20.9. The summed E-state index contributed by atoms with van der Waals surface area (Å²) in [5, 5.41) is 0. The summed E-state index contributed by atoms with van der Waals surface area (Å²) >= 11 is 5.60. The van der Waals surface area contributed by atoms with E-state index in [1.54, 1.807) is 0 Å². The van der Waals surface area contributed by atoms with Crippen molar-refractivity contribution in [3.63, 3.8) is 0 Å². The van der Waals surface area contributed by atoms with Gasteiger partial charge in [-0.05, 0) is 50.7 Å². The number of benzene rings is 1. The Morgan fingerprint density at radius 2 is 2.15 bits per heavy atom. The number of aliphatic imine (C=N–C) groups is 1. The van der Waals surface area contributed by atoms with E-state index in [1.807, 2.05) is 24.3 Å². The van der Waals surface area contributed by atoms with Gasteiger partial charge in [0.1, 0.15) is 18.2 Å². The fourth-order valence-corrected chi connectivity index (χ4v) is 2.42. The average Bonchev–Trinajstić information content (AvgIpc) is 2.48. The van der Waals surface area contributed by atoms with Crippen molar-refractivity contribution in [2.24, 2.45) is 10.7 Å². The molecule has 4 nitrogen and oxygen atoms in total. The zero-order valence-corrected chi connectivity index (χ0v) is 12.6. The molecule has 1 unspecified atom stereocenters. The number of alkyl halides is 1. The van der Waals surface area contributed by atoms with E-state index < -0.39 is 0 Å². The van der Waals surface area contributed by atoms with E-state index in [9.17, 15) is 0 Å². The molecule has 110 valence electrons. The van der Waals surface area contributed by atoms with Crippen molar-refractivity contribution in [3.8, 4) is 5.75 Å². The molecule has 1 aromatic rings. The monoisotopic (exact) mass is 295 g/mol. The lowest BCUT2D eigenvalue weighted by Crippen LogP contribution is -2.40. The van der Waals surface area contributed by atoms with Gasteiger partial charge in [-0.1, -0.05) is 6.42 Å². The predicted octanol–water partition coefficient (Wildman–Crippen LogP) is 2.78. The Bertz CT molecular complexity index is 447. The van der Waals surface area contributed by atoms with Crippen LogP contribution in [0.1, 0.15) is 19.3 Å². The first-order valence-electron chi connectivity index (χ1n) is 7.01. The highest BCUT2D eigenvalue weighted by atomic mass is 35.5. The molecule has 0 aromatic heterocycles. The van der Waals surface area contributed by atoms with Crippen molar-refractivity contribution in [1.29, 1.82) is 0 Å². The van der Waals surface area contributed by atoms with Crippen LogP contribution in [-0.4, -0.2) is 42.9 Å². The minimum absolute atomic E-state index is 0.242. The smallest absolute Gasteiger partial charge is 0.119 e. The summed E-state index contributed by atoms with van der Waals surface area (Å²) in [6.45, 7) is 1.91. The molecule has 1 aliphatic rings. The molecule has 5 heteroatoms. The molecule has 0 radical (unpaired) electrons. The molecule has 1 fully saturated rings. The second kappa shape index (κ2) is 7.50. The minimum Gasteiger partial charge on any atom is -0.492 e. The number of likely N-dealkylation sites (tertiary alicyclic amines) is 1. The quantitative estimate of drug-likeness (QED) is 0.516. The highest BCUT2D eigenvalue weighted by Gasteiger charge is 2.19. The van der Waals surface area contributed by atoms with Crippen molar-refractivity contribution in [2.45, 2.75) is 25.3 Å². The SMILES string of the molecule is CN1CCCCC1COc1ccc(N=C(N)CCl)cc1. The van der Waals surface area contributed by atoms with Crippen LogP contribution in [0.2, 0.25) is 0 Å².